The van der Waals surface area contributed by atoms with Crippen molar-refractivity contribution >= 4 is 11.9 Å². The first-order chi connectivity index (χ1) is 12.8. The zero-order valence-electron chi connectivity index (χ0n) is 17.1. The number of carbonyl (C=O) groups is 1. The van der Waals surface area contributed by atoms with E-state index < -0.39 is 11.9 Å². The highest BCUT2D eigenvalue weighted by Crippen LogP contribution is 2.44. The molecule has 0 bridgehead atoms. The van der Waals surface area contributed by atoms with E-state index in [-0.39, 0.29) is 5.41 Å². The van der Waals surface area contributed by atoms with Crippen LogP contribution in [0.15, 0.2) is 18.4 Å². The molecule has 1 atom stereocenters. The molecule has 150 valence electrons. The summed E-state index contributed by atoms with van der Waals surface area (Å²) in [6, 6.07) is 3.69. The first kappa shape index (κ1) is 22.8. The number of benzene rings is 1. The zero-order chi connectivity index (χ0) is 20.4. The molecule has 0 saturated carbocycles. The zero-order valence-corrected chi connectivity index (χ0v) is 17.1. The minimum atomic E-state index is -0.882. The summed E-state index contributed by atoms with van der Waals surface area (Å²) in [7, 11) is 0. The summed E-state index contributed by atoms with van der Waals surface area (Å²) in [5.41, 5.74) is 1.16. The van der Waals surface area contributed by atoms with Gasteiger partial charge in [0.15, 0.2) is 23.7 Å². The van der Waals surface area contributed by atoms with E-state index in [1.807, 2.05) is 39.8 Å². The Morgan fingerprint density at radius 1 is 1.19 bits per heavy atom. The van der Waals surface area contributed by atoms with Crippen LogP contribution in [0.2, 0.25) is 0 Å². The molecule has 0 heterocycles. The topological polar surface area (TPSA) is 72.8 Å². The molecule has 1 aromatic rings. The predicted octanol–water partition coefficient (Wildman–Crippen LogP) is 5.25. The average molecular weight is 376 g/mol. The van der Waals surface area contributed by atoms with E-state index in [0.29, 0.717) is 30.1 Å². The molecule has 0 spiro atoms. The minimum absolute atomic E-state index is 0.268. The Morgan fingerprint density at radius 3 is 2.41 bits per heavy atom. The second-order valence-corrected chi connectivity index (χ2v) is 7.64. The van der Waals surface area contributed by atoms with Crippen molar-refractivity contribution < 1.29 is 24.2 Å². The molecule has 0 fully saturated rings. The Morgan fingerprint density at radius 2 is 1.89 bits per heavy atom. The minimum Gasteiger partial charge on any atom is -0.490 e. The van der Waals surface area contributed by atoms with Gasteiger partial charge >= 0.3 is 5.97 Å². The molecule has 27 heavy (non-hydrogen) atoms. The van der Waals surface area contributed by atoms with Crippen molar-refractivity contribution in [3.05, 3.63) is 29.5 Å². The molecule has 0 saturated heterocycles. The second-order valence-electron chi connectivity index (χ2n) is 7.64. The van der Waals surface area contributed by atoms with Crippen LogP contribution in [0.5, 0.6) is 11.5 Å². The average Bonchev–Trinajstić information content (AvgIpc) is 2.59. The van der Waals surface area contributed by atoms with E-state index in [1.54, 1.807) is 5.94 Å². The number of rotatable bonds is 11. The maximum atomic E-state index is 12.0. The Labute approximate surface area is 162 Å². The van der Waals surface area contributed by atoms with Crippen LogP contribution >= 0.6 is 0 Å². The number of unbranched alkanes of at least 4 members (excludes halogenated alkanes) is 3. The Bertz CT molecular complexity index is 666. The summed E-state index contributed by atoms with van der Waals surface area (Å²) in [5, 5.41) is 9.81. The number of hydrogen-bond donors (Lipinski definition) is 1. The van der Waals surface area contributed by atoms with Crippen molar-refractivity contribution in [3.8, 4) is 11.5 Å². The lowest BCUT2D eigenvalue weighted by Gasteiger charge is -2.26. The third kappa shape index (κ3) is 6.44. The Hall–Kier alpha value is -2.26. The van der Waals surface area contributed by atoms with Crippen molar-refractivity contribution in [1.82, 2.24) is 0 Å². The third-order valence-corrected chi connectivity index (χ3v) is 4.48. The Kier molecular flexibility index (Phi) is 9.10. The van der Waals surface area contributed by atoms with Gasteiger partial charge in [-0.05, 0) is 18.8 Å². The number of carbonyl (C=O) groups excluding carboxylic acids is 1. The molecular weight excluding hydrogens is 344 g/mol. The van der Waals surface area contributed by atoms with Crippen LogP contribution in [0.25, 0.3) is 0 Å². The second kappa shape index (κ2) is 10.8. The van der Waals surface area contributed by atoms with Gasteiger partial charge in [-0.2, -0.15) is 0 Å². The van der Waals surface area contributed by atoms with Gasteiger partial charge < -0.3 is 14.6 Å². The van der Waals surface area contributed by atoms with E-state index >= 15 is 0 Å². The van der Waals surface area contributed by atoms with Gasteiger partial charge in [0, 0.05) is 11.1 Å². The van der Waals surface area contributed by atoms with Crippen molar-refractivity contribution in [3.63, 3.8) is 0 Å². The van der Waals surface area contributed by atoms with Crippen molar-refractivity contribution in [1.29, 1.82) is 0 Å². The molecular formula is C22H32O5. The van der Waals surface area contributed by atoms with Crippen LogP contribution in [0.4, 0.5) is 0 Å². The van der Waals surface area contributed by atoms with Crippen LogP contribution < -0.4 is 9.47 Å². The molecule has 1 rings (SSSR count). The molecule has 0 aliphatic carbocycles. The normalized spacial score (nSPS) is 12.2. The van der Waals surface area contributed by atoms with E-state index in [2.05, 4.69) is 6.92 Å². The van der Waals surface area contributed by atoms with Gasteiger partial charge in [0.05, 0.1) is 12.5 Å². The number of ether oxygens (including phenoxy) is 2. The lowest BCUT2D eigenvalue weighted by Crippen LogP contribution is -2.17. The highest BCUT2D eigenvalue weighted by Gasteiger charge is 2.30. The van der Waals surface area contributed by atoms with Gasteiger partial charge in [0.2, 0.25) is 0 Å². The summed E-state index contributed by atoms with van der Waals surface area (Å²) in [6.45, 7) is 10.4. The van der Waals surface area contributed by atoms with E-state index in [1.165, 1.54) is 0 Å². The third-order valence-electron chi connectivity index (χ3n) is 4.48. The van der Waals surface area contributed by atoms with Gasteiger partial charge in [0.1, 0.15) is 0 Å². The van der Waals surface area contributed by atoms with Gasteiger partial charge in [-0.1, -0.05) is 65.5 Å². The van der Waals surface area contributed by atoms with Crippen LogP contribution in [-0.4, -0.2) is 23.6 Å². The number of carboxylic acid groups (broad SMARTS) is 1. The predicted molar refractivity (Wildman–Crippen MR) is 106 cm³/mol. The summed E-state index contributed by atoms with van der Waals surface area (Å²) in [5.74, 6) is 0.848. The van der Waals surface area contributed by atoms with Gasteiger partial charge in [-0.3, -0.25) is 4.79 Å². The van der Waals surface area contributed by atoms with Crippen molar-refractivity contribution in [2.75, 3.05) is 6.61 Å². The lowest BCUT2D eigenvalue weighted by molar-refractivity contribution is -0.139. The molecule has 0 aliphatic rings. The summed E-state index contributed by atoms with van der Waals surface area (Å²) in [4.78, 5) is 22.7. The highest BCUT2D eigenvalue weighted by atomic mass is 16.5. The molecule has 5 nitrogen and oxygen atoms in total. The summed E-state index contributed by atoms with van der Waals surface area (Å²) in [6.07, 6.45) is 5.49. The standard InChI is InChI=1S/C22H32O5/c1-6-8-9-10-11-17(21(24)25)16-12-13-18(22(3,4)5)20(27-15-14-23)19(16)26-7-2/h12-13,15,17H,6-11H2,1-5H3,(H,24,25). The van der Waals surface area contributed by atoms with Gasteiger partial charge in [0.25, 0.3) is 0 Å². The van der Waals surface area contributed by atoms with Crippen LogP contribution in [0, 0.1) is 0 Å². The first-order valence-electron chi connectivity index (χ1n) is 9.66. The molecule has 5 heteroatoms. The molecule has 0 radical (unpaired) electrons. The summed E-state index contributed by atoms with van der Waals surface area (Å²) >= 11 is 0. The quantitative estimate of drug-likeness (QED) is 0.324. The summed E-state index contributed by atoms with van der Waals surface area (Å²) < 4.78 is 11.4. The largest absolute Gasteiger partial charge is 0.490 e. The molecule has 0 aromatic heterocycles. The van der Waals surface area contributed by atoms with Crippen molar-refractivity contribution in [2.45, 2.75) is 78.1 Å². The molecule has 1 N–H and O–H groups in total. The SMILES string of the molecule is CCCCCCC(C(=O)O)c1ccc(C(C)(C)C)c(OC=C=O)c1OCC. The van der Waals surface area contributed by atoms with Crippen LogP contribution in [0.3, 0.4) is 0 Å². The monoisotopic (exact) mass is 376 g/mol. The van der Waals surface area contributed by atoms with Crippen LogP contribution in [-0.2, 0) is 15.0 Å². The fourth-order valence-corrected chi connectivity index (χ4v) is 3.12. The van der Waals surface area contributed by atoms with E-state index in [0.717, 1.165) is 37.5 Å². The number of carboxylic acids is 1. The first-order valence-corrected chi connectivity index (χ1v) is 9.66. The van der Waals surface area contributed by atoms with Crippen LogP contribution in [0.1, 0.15) is 83.8 Å². The van der Waals surface area contributed by atoms with E-state index in [9.17, 15) is 14.7 Å². The highest BCUT2D eigenvalue weighted by molar-refractivity contribution is 5.78. The molecule has 1 unspecified atom stereocenters. The smallest absolute Gasteiger partial charge is 0.311 e. The maximum absolute atomic E-state index is 12.0. The Balaban J connectivity index is 3.46. The number of aliphatic carboxylic acids is 1. The van der Waals surface area contributed by atoms with E-state index in [4.69, 9.17) is 9.47 Å². The molecule has 0 amide bonds. The maximum Gasteiger partial charge on any atom is 0.311 e. The van der Waals surface area contributed by atoms with Gasteiger partial charge in [-0.25, -0.2) is 4.79 Å². The number of hydrogen-bond acceptors (Lipinski definition) is 4. The fraction of sp³-hybridized carbons (Fsp3) is 0.591. The molecule has 0 aliphatic heterocycles. The van der Waals surface area contributed by atoms with Gasteiger partial charge in [-0.15, -0.1) is 0 Å². The molecule has 1 aromatic carbocycles. The lowest BCUT2D eigenvalue weighted by atomic mass is 9.83. The van der Waals surface area contributed by atoms with Crippen molar-refractivity contribution in [2.24, 2.45) is 0 Å². The fourth-order valence-electron chi connectivity index (χ4n) is 3.12.